The predicted molar refractivity (Wildman–Crippen MR) is 97.9 cm³/mol. The molecule has 0 saturated carbocycles. The summed E-state index contributed by atoms with van der Waals surface area (Å²) in [4.78, 5) is 6.89. The smallest absolute Gasteiger partial charge is 0.0457 e. The minimum Gasteiger partial charge on any atom is -0.361 e. The molecule has 0 radical (unpaired) electrons. The number of hydrogen-bond acceptors (Lipinski definition) is 0. The van der Waals surface area contributed by atoms with E-state index in [4.69, 9.17) is 0 Å². The molecule has 1 atom stereocenters. The van der Waals surface area contributed by atoms with Crippen LogP contribution in [0.15, 0.2) is 60.9 Å². The number of aromatic amines is 2. The van der Waals surface area contributed by atoms with Gasteiger partial charge >= 0.3 is 0 Å². The van der Waals surface area contributed by atoms with Crippen molar-refractivity contribution in [1.29, 1.82) is 0 Å². The maximum atomic E-state index is 3.45. The quantitative estimate of drug-likeness (QED) is 0.475. The van der Waals surface area contributed by atoms with Crippen LogP contribution in [-0.4, -0.2) is 9.97 Å². The molecule has 4 aromatic rings. The molecular weight excluding hydrogens is 280 g/mol. The number of fused-ring (bicyclic) bond motifs is 2. The van der Waals surface area contributed by atoms with Gasteiger partial charge in [0, 0.05) is 40.1 Å². The first-order valence-electron chi connectivity index (χ1n) is 8.41. The van der Waals surface area contributed by atoms with Crippen LogP contribution in [-0.2, 0) is 0 Å². The van der Waals surface area contributed by atoms with Crippen molar-refractivity contribution in [3.63, 3.8) is 0 Å². The Morgan fingerprint density at radius 3 is 1.74 bits per heavy atom. The van der Waals surface area contributed by atoms with Gasteiger partial charge in [0.05, 0.1) is 0 Å². The summed E-state index contributed by atoms with van der Waals surface area (Å²) in [7, 11) is 0. The fourth-order valence-corrected chi connectivity index (χ4v) is 3.72. The monoisotopic (exact) mass is 302 g/mol. The lowest BCUT2D eigenvalue weighted by atomic mass is 9.80. The van der Waals surface area contributed by atoms with Gasteiger partial charge in [-0.05, 0) is 29.2 Å². The van der Waals surface area contributed by atoms with Crippen molar-refractivity contribution in [2.75, 3.05) is 0 Å². The maximum Gasteiger partial charge on any atom is 0.0457 e. The third kappa shape index (κ3) is 2.26. The molecule has 0 bridgehead atoms. The van der Waals surface area contributed by atoms with Crippen LogP contribution in [0.3, 0.4) is 0 Å². The second-order valence-corrected chi connectivity index (χ2v) is 6.44. The first-order valence-corrected chi connectivity index (χ1v) is 8.41. The Balaban J connectivity index is 1.95. The SMILES string of the molecule is CCC(C)C(c1c[nH]c2ccccc12)c1c[nH]c2ccccc12. The van der Waals surface area contributed by atoms with Gasteiger partial charge in [0.1, 0.15) is 0 Å². The fourth-order valence-electron chi connectivity index (χ4n) is 3.72. The van der Waals surface area contributed by atoms with Crippen LogP contribution in [0.1, 0.15) is 37.3 Å². The van der Waals surface area contributed by atoms with E-state index in [2.05, 4.69) is 84.7 Å². The fraction of sp³-hybridized carbons (Fsp3) is 0.238. The average Bonchev–Trinajstić information content (AvgIpc) is 3.20. The molecule has 0 saturated heterocycles. The first kappa shape index (κ1) is 14.1. The second kappa shape index (κ2) is 5.62. The summed E-state index contributed by atoms with van der Waals surface area (Å²) >= 11 is 0. The Morgan fingerprint density at radius 2 is 1.26 bits per heavy atom. The van der Waals surface area contributed by atoms with Crippen molar-refractivity contribution in [2.24, 2.45) is 5.92 Å². The largest absolute Gasteiger partial charge is 0.361 e. The Morgan fingerprint density at radius 1 is 0.783 bits per heavy atom. The Kier molecular flexibility index (Phi) is 3.45. The number of nitrogens with one attached hydrogen (secondary N) is 2. The molecule has 116 valence electrons. The van der Waals surface area contributed by atoms with Gasteiger partial charge in [-0.2, -0.15) is 0 Å². The third-order valence-electron chi connectivity index (χ3n) is 5.13. The molecule has 2 heteroatoms. The van der Waals surface area contributed by atoms with Gasteiger partial charge in [-0.3, -0.25) is 0 Å². The standard InChI is InChI=1S/C21H22N2/c1-3-14(2)21(17-12-22-19-10-6-4-8-15(17)19)18-13-23-20-11-7-5-9-16(18)20/h4-14,21-23H,3H2,1-2H3. The van der Waals surface area contributed by atoms with E-state index in [1.807, 2.05) is 0 Å². The zero-order valence-electron chi connectivity index (χ0n) is 13.6. The Hall–Kier alpha value is -2.48. The maximum absolute atomic E-state index is 3.45. The molecule has 2 N–H and O–H groups in total. The van der Waals surface area contributed by atoms with Gasteiger partial charge in [-0.15, -0.1) is 0 Å². The molecule has 4 rings (SSSR count). The molecule has 23 heavy (non-hydrogen) atoms. The molecule has 0 amide bonds. The van der Waals surface area contributed by atoms with Crippen LogP contribution < -0.4 is 0 Å². The summed E-state index contributed by atoms with van der Waals surface area (Å²) in [6, 6.07) is 17.2. The van der Waals surface area contributed by atoms with Gasteiger partial charge in [0.15, 0.2) is 0 Å². The van der Waals surface area contributed by atoms with Crippen LogP contribution >= 0.6 is 0 Å². The summed E-state index contributed by atoms with van der Waals surface area (Å²) in [6.07, 6.45) is 5.55. The second-order valence-electron chi connectivity index (χ2n) is 6.44. The normalized spacial score (nSPS) is 13.2. The highest BCUT2D eigenvalue weighted by Crippen LogP contribution is 2.40. The highest BCUT2D eigenvalue weighted by molar-refractivity contribution is 5.88. The number of hydrogen-bond donors (Lipinski definition) is 2. The van der Waals surface area contributed by atoms with Crippen molar-refractivity contribution in [2.45, 2.75) is 26.2 Å². The summed E-state index contributed by atoms with van der Waals surface area (Å²) in [5.74, 6) is 0.973. The van der Waals surface area contributed by atoms with Gasteiger partial charge < -0.3 is 9.97 Å². The zero-order valence-corrected chi connectivity index (χ0v) is 13.6. The van der Waals surface area contributed by atoms with Gasteiger partial charge in [-0.25, -0.2) is 0 Å². The summed E-state index contributed by atoms with van der Waals surface area (Å²) in [6.45, 7) is 4.63. The molecule has 1 unspecified atom stereocenters. The molecule has 0 fully saturated rings. The van der Waals surface area contributed by atoms with Crippen LogP contribution in [0.25, 0.3) is 21.8 Å². The van der Waals surface area contributed by atoms with Crippen molar-refractivity contribution < 1.29 is 0 Å². The number of aromatic nitrogens is 2. The van der Waals surface area contributed by atoms with E-state index in [1.165, 1.54) is 32.9 Å². The minimum atomic E-state index is 0.396. The number of rotatable bonds is 4. The average molecular weight is 302 g/mol. The van der Waals surface area contributed by atoms with E-state index in [0.717, 1.165) is 6.42 Å². The summed E-state index contributed by atoms with van der Waals surface area (Å²) < 4.78 is 0. The van der Waals surface area contributed by atoms with Crippen LogP contribution in [0.2, 0.25) is 0 Å². The van der Waals surface area contributed by atoms with E-state index in [1.54, 1.807) is 0 Å². The molecule has 0 spiro atoms. The summed E-state index contributed by atoms with van der Waals surface area (Å²) in [5.41, 5.74) is 5.24. The molecule has 0 aliphatic rings. The van der Waals surface area contributed by atoms with Crippen molar-refractivity contribution in [3.05, 3.63) is 72.1 Å². The van der Waals surface area contributed by atoms with Gasteiger partial charge in [0.25, 0.3) is 0 Å². The molecule has 0 aliphatic carbocycles. The Bertz CT molecular complexity index is 870. The van der Waals surface area contributed by atoms with E-state index < -0.39 is 0 Å². The molecular formula is C21H22N2. The van der Waals surface area contributed by atoms with E-state index >= 15 is 0 Å². The first-order chi connectivity index (χ1) is 11.3. The van der Waals surface area contributed by atoms with Gasteiger partial charge in [-0.1, -0.05) is 56.7 Å². The predicted octanol–water partition coefficient (Wildman–Crippen LogP) is 5.83. The lowest BCUT2D eigenvalue weighted by Crippen LogP contribution is -2.10. The van der Waals surface area contributed by atoms with E-state index in [-0.39, 0.29) is 0 Å². The minimum absolute atomic E-state index is 0.396. The number of H-pyrrole nitrogens is 2. The van der Waals surface area contributed by atoms with E-state index in [0.29, 0.717) is 11.8 Å². The number of benzene rings is 2. The van der Waals surface area contributed by atoms with Crippen LogP contribution in [0.4, 0.5) is 0 Å². The number of para-hydroxylation sites is 2. The third-order valence-corrected chi connectivity index (χ3v) is 5.13. The molecule has 2 aromatic carbocycles. The topological polar surface area (TPSA) is 31.6 Å². The lowest BCUT2D eigenvalue weighted by Gasteiger charge is -2.23. The van der Waals surface area contributed by atoms with Crippen molar-refractivity contribution in [1.82, 2.24) is 9.97 Å². The molecule has 0 aliphatic heterocycles. The van der Waals surface area contributed by atoms with E-state index in [9.17, 15) is 0 Å². The van der Waals surface area contributed by atoms with Crippen molar-refractivity contribution in [3.8, 4) is 0 Å². The summed E-state index contributed by atoms with van der Waals surface area (Å²) in [5, 5.41) is 2.67. The molecule has 2 aromatic heterocycles. The molecule has 2 heterocycles. The Labute approximate surface area is 136 Å². The highest BCUT2D eigenvalue weighted by atomic mass is 14.7. The van der Waals surface area contributed by atoms with Crippen LogP contribution in [0.5, 0.6) is 0 Å². The van der Waals surface area contributed by atoms with Gasteiger partial charge in [0.2, 0.25) is 0 Å². The zero-order chi connectivity index (χ0) is 15.8. The van der Waals surface area contributed by atoms with Crippen molar-refractivity contribution >= 4 is 21.8 Å². The highest BCUT2D eigenvalue weighted by Gasteiger charge is 2.25. The lowest BCUT2D eigenvalue weighted by molar-refractivity contribution is 0.500. The molecule has 2 nitrogen and oxygen atoms in total. The van der Waals surface area contributed by atoms with Crippen LogP contribution in [0, 0.1) is 5.92 Å².